The minimum absolute atomic E-state index is 0.0465. The molecule has 6 heteroatoms. The average molecular weight is 349 g/mol. The molecule has 1 fully saturated rings. The van der Waals surface area contributed by atoms with Crippen LogP contribution in [0.3, 0.4) is 0 Å². The van der Waals surface area contributed by atoms with E-state index in [0.717, 1.165) is 48.3 Å². The van der Waals surface area contributed by atoms with Crippen LogP contribution in [0, 0.1) is 5.92 Å². The molecule has 130 valence electrons. The summed E-state index contributed by atoms with van der Waals surface area (Å²) in [6.07, 6.45) is 4.26. The van der Waals surface area contributed by atoms with Gasteiger partial charge in [0.15, 0.2) is 0 Å². The van der Waals surface area contributed by atoms with Gasteiger partial charge in [-0.05, 0) is 49.8 Å². The molecule has 0 spiro atoms. The van der Waals surface area contributed by atoms with E-state index in [1.165, 1.54) is 0 Å². The summed E-state index contributed by atoms with van der Waals surface area (Å²) in [5.74, 6) is 1.15. The minimum atomic E-state index is -0.244. The van der Waals surface area contributed by atoms with Crippen molar-refractivity contribution in [2.45, 2.75) is 51.2 Å². The van der Waals surface area contributed by atoms with Crippen molar-refractivity contribution in [2.24, 2.45) is 5.92 Å². The number of ether oxygens (including phenoxy) is 1. The monoisotopic (exact) mass is 349 g/mol. The standard InChI is InChI=1S/C18H23NO4S/c1-11(13-3-2-4-14(20)10-13)23-15-7-5-12(6-8-15)9-16-17(21)19-18(22)24-16/h5-8,11,13-14,20-21H,2-4,9-10H2,1H3,(H,19,22). The Morgan fingerprint density at radius 2 is 2.08 bits per heavy atom. The normalized spacial score (nSPS) is 22.2. The van der Waals surface area contributed by atoms with Crippen LogP contribution < -0.4 is 9.61 Å². The highest BCUT2D eigenvalue weighted by atomic mass is 32.1. The lowest BCUT2D eigenvalue weighted by atomic mass is 9.84. The van der Waals surface area contributed by atoms with Crippen LogP contribution in [0.1, 0.15) is 43.0 Å². The Bertz CT molecular complexity index is 721. The molecule has 0 saturated heterocycles. The van der Waals surface area contributed by atoms with Crippen molar-refractivity contribution in [2.75, 3.05) is 0 Å². The van der Waals surface area contributed by atoms with Gasteiger partial charge in [0.05, 0.1) is 17.1 Å². The van der Waals surface area contributed by atoms with Crippen molar-refractivity contribution in [3.05, 3.63) is 44.4 Å². The van der Waals surface area contributed by atoms with E-state index in [1.54, 1.807) is 0 Å². The molecule has 3 N–H and O–H groups in total. The van der Waals surface area contributed by atoms with Crippen LogP contribution in [0.4, 0.5) is 0 Å². The molecular formula is C18H23NO4S. The van der Waals surface area contributed by atoms with Gasteiger partial charge in [0.2, 0.25) is 5.88 Å². The minimum Gasteiger partial charge on any atom is -0.494 e. The molecule has 1 aromatic carbocycles. The Kier molecular flexibility index (Phi) is 5.26. The Hall–Kier alpha value is -1.79. The number of hydrogen-bond donors (Lipinski definition) is 3. The third-order valence-electron chi connectivity index (χ3n) is 4.66. The molecule has 5 nitrogen and oxygen atoms in total. The zero-order chi connectivity index (χ0) is 17.1. The summed E-state index contributed by atoms with van der Waals surface area (Å²) in [6, 6.07) is 7.72. The number of aromatic nitrogens is 1. The fourth-order valence-electron chi connectivity index (χ4n) is 3.28. The number of aliphatic hydroxyl groups is 1. The zero-order valence-electron chi connectivity index (χ0n) is 13.7. The van der Waals surface area contributed by atoms with Gasteiger partial charge in [-0.1, -0.05) is 29.9 Å². The van der Waals surface area contributed by atoms with E-state index < -0.39 is 0 Å². The molecule has 3 unspecified atom stereocenters. The van der Waals surface area contributed by atoms with Gasteiger partial charge in [0.1, 0.15) is 5.75 Å². The summed E-state index contributed by atoms with van der Waals surface area (Å²) in [5.41, 5.74) is 1.01. The van der Waals surface area contributed by atoms with Crippen molar-refractivity contribution < 1.29 is 14.9 Å². The van der Waals surface area contributed by atoms with Crippen LogP contribution in [-0.2, 0) is 6.42 Å². The van der Waals surface area contributed by atoms with E-state index in [0.29, 0.717) is 17.2 Å². The van der Waals surface area contributed by atoms with E-state index in [-0.39, 0.29) is 23.0 Å². The molecule has 0 amide bonds. The molecule has 24 heavy (non-hydrogen) atoms. The Labute approximate surface area is 144 Å². The summed E-state index contributed by atoms with van der Waals surface area (Å²) in [7, 11) is 0. The zero-order valence-corrected chi connectivity index (χ0v) is 14.5. The second-order valence-electron chi connectivity index (χ2n) is 6.51. The lowest BCUT2D eigenvalue weighted by Gasteiger charge is -2.30. The number of thiazole rings is 1. The summed E-state index contributed by atoms with van der Waals surface area (Å²) in [5, 5.41) is 19.4. The first-order chi connectivity index (χ1) is 11.5. The topological polar surface area (TPSA) is 82.6 Å². The van der Waals surface area contributed by atoms with Crippen molar-refractivity contribution in [1.29, 1.82) is 0 Å². The highest BCUT2D eigenvalue weighted by molar-refractivity contribution is 7.09. The molecule has 1 aliphatic carbocycles. The van der Waals surface area contributed by atoms with Gasteiger partial charge in [-0.15, -0.1) is 0 Å². The van der Waals surface area contributed by atoms with E-state index in [4.69, 9.17) is 4.74 Å². The van der Waals surface area contributed by atoms with E-state index in [1.807, 2.05) is 24.3 Å². The van der Waals surface area contributed by atoms with Crippen LogP contribution >= 0.6 is 11.3 Å². The molecule has 1 heterocycles. The van der Waals surface area contributed by atoms with Crippen LogP contribution in [0.25, 0.3) is 0 Å². The molecule has 1 aromatic heterocycles. The first kappa shape index (κ1) is 17.0. The number of H-pyrrole nitrogens is 1. The van der Waals surface area contributed by atoms with Crippen LogP contribution in [0.15, 0.2) is 29.1 Å². The Balaban J connectivity index is 1.60. The van der Waals surface area contributed by atoms with E-state index >= 15 is 0 Å². The lowest BCUT2D eigenvalue weighted by Crippen LogP contribution is -2.30. The number of nitrogens with one attached hydrogen (secondary N) is 1. The maximum atomic E-state index is 11.2. The highest BCUT2D eigenvalue weighted by Gasteiger charge is 2.26. The highest BCUT2D eigenvalue weighted by Crippen LogP contribution is 2.29. The van der Waals surface area contributed by atoms with Gasteiger partial charge in [-0.25, -0.2) is 0 Å². The summed E-state index contributed by atoms with van der Waals surface area (Å²) < 4.78 is 6.02. The largest absolute Gasteiger partial charge is 0.494 e. The molecular weight excluding hydrogens is 326 g/mol. The van der Waals surface area contributed by atoms with Gasteiger partial charge in [0, 0.05) is 6.42 Å². The molecule has 1 saturated carbocycles. The van der Waals surface area contributed by atoms with Crippen molar-refractivity contribution in [3.8, 4) is 11.6 Å². The smallest absolute Gasteiger partial charge is 0.307 e. The quantitative estimate of drug-likeness (QED) is 0.775. The van der Waals surface area contributed by atoms with Gasteiger partial charge >= 0.3 is 4.87 Å². The number of rotatable bonds is 5. The second-order valence-corrected chi connectivity index (χ2v) is 7.58. The van der Waals surface area contributed by atoms with Gasteiger partial charge < -0.3 is 14.9 Å². The average Bonchev–Trinajstić information content (AvgIpc) is 2.87. The third kappa shape index (κ3) is 4.19. The fraction of sp³-hybridized carbons (Fsp3) is 0.500. The Morgan fingerprint density at radius 3 is 2.71 bits per heavy atom. The van der Waals surface area contributed by atoms with Gasteiger partial charge in [-0.3, -0.25) is 9.78 Å². The Morgan fingerprint density at radius 1 is 1.33 bits per heavy atom. The van der Waals surface area contributed by atoms with Crippen LogP contribution in [-0.4, -0.2) is 27.4 Å². The first-order valence-electron chi connectivity index (χ1n) is 8.36. The van der Waals surface area contributed by atoms with Crippen LogP contribution in [0.5, 0.6) is 11.6 Å². The summed E-state index contributed by atoms with van der Waals surface area (Å²) in [6.45, 7) is 2.06. The fourth-order valence-corrected chi connectivity index (χ4v) is 4.04. The molecule has 0 bridgehead atoms. The van der Waals surface area contributed by atoms with Crippen LogP contribution in [0.2, 0.25) is 0 Å². The number of benzene rings is 1. The lowest BCUT2D eigenvalue weighted by molar-refractivity contribution is 0.0494. The predicted octanol–water partition coefficient (Wildman–Crippen LogP) is 3.05. The SMILES string of the molecule is CC(Oc1ccc(Cc2sc(=O)[nH]c2O)cc1)C1CCCC(O)C1. The summed E-state index contributed by atoms with van der Waals surface area (Å²) >= 11 is 1.03. The third-order valence-corrected chi connectivity index (χ3v) is 5.53. The predicted molar refractivity (Wildman–Crippen MR) is 93.9 cm³/mol. The number of aromatic hydroxyl groups is 1. The maximum absolute atomic E-state index is 11.2. The summed E-state index contributed by atoms with van der Waals surface area (Å²) in [4.78, 5) is 14.0. The van der Waals surface area contributed by atoms with Crippen molar-refractivity contribution >= 4 is 11.3 Å². The second kappa shape index (κ2) is 7.40. The first-order valence-corrected chi connectivity index (χ1v) is 9.17. The number of aromatic amines is 1. The van der Waals surface area contributed by atoms with Gasteiger partial charge in [0.25, 0.3) is 0 Å². The van der Waals surface area contributed by atoms with Crippen molar-refractivity contribution in [3.63, 3.8) is 0 Å². The van der Waals surface area contributed by atoms with Crippen molar-refractivity contribution in [1.82, 2.24) is 4.98 Å². The maximum Gasteiger partial charge on any atom is 0.307 e. The van der Waals surface area contributed by atoms with E-state index in [2.05, 4.69) is 11.9 Å². The molecule has 0 aliphatic heterocycles. The molecule has 3 atom stereocenters. The number of aliphatic hydroxyl groups excluding tert-OH is 1. The van der Waals surface area contributed by atoms with Gasteiger partial charge in [-0.2, -0.15) is 0 Å². The molecule has 2 aromatic rings. The molecule has 3 rings (SSSR count). The number of hydrogen-bond acceptors (Lipinski definition) is 5. The molecule has 0 radical (unpaired) electrons. The van der Waals surface area contributed by atoms with E-state index in [9.17, 15) is 15.0 Å². The molecule has 1 aliphatic rings.